The van der Waals surface area contributed by atoms with E-state index < -0.39 is 10.0 Å². The van der Waals surface area contributed by atoms with Gasteiger partial charge in [0.1, 0.15) is 10.0 Å². The van der Waals surface area contributed by atoms with Crippen molar-refractivity contribution in [3.8, 4) is 0 Å². The molecule has 0 spiro atoms. The van der Waals surface area contributed by atoms with Gasteiger partial charge in [-0.1, -0.05) is 11.6 Å². The molecule has 2 heterocycles. The summed E-state index contributed by atoms with van der Waals surface area (Å²) < 4.78 is 26.2. The number of sulfonamides is 1. The molecule has 1 aliphatic rings. The Labute approximate surface area is 117 Å². The third-order valence-electron chi connectivity index (χ3n) is 3.09. The zero-order chi connectivity index (χ0) is 13.9. The lowest BCUT2D eigenvalue weighted by Gasteiger charge is -2.33. The molecule has 1 fully saturated rings. The highest BCUT2D eigenvalue weighted by Crippen LogP contribution is 2.23. The van der Waals surface area contributed by atoms with Crippen LogP contribution in [0.5, 0.6) is 0 Å². The lowest BCUT2D eigenvalue weighted by atomic mass is 10.4. The van der Waals surface area contributed by atoms with Crippen molar-refractivity contribution in [1.29, 1.82) is 0 Å². The molecule has 1 aromatic rings. The molecule has 0 saturated carbocycles. The van der Waals surface area contributed by atoms with Crippen LogP contribution in [0, 0.1) is 0 Å². The first kappa shape index (κ1) is 14.7. The van der Waals surface area contributed by atoms with Crippen molar-refractivity contribution >= 4 is 21.6 Å². The van der Waals surface area contributed by atoms with Crippen molar-refractivity contribution in [2.75, 3.05) is 39.3 Å². The second-order valence-corrected chi connectivity index (χ2v) is 6.53. The number of aliphatic hydroxyl groups is 1. The number of hydrogen-bond acceptors (Lipinski definition) is 5. The van der Waals surface area contributed by atoms with Crippen LogP contribution in [-0.4, -0.2) is 67.0 Å². The van der Waals surface area contributed by atoms with Crippen molar-refractivity contribution in [2.45, 2.75) is 4.90 Å². The van der Waals surface area contributed by atoms with Crippen LogP contribution in [0.25, 0.3) is 0 Å². The smallest absolute Gasteiger partial charge is 0.246 e. The van der Waals surface area contributed by atoms with Crippen LogP contribution >= 0.6 is 11.6 Å². The Hall–Kier alpha value is -0.730. The van der Waals surface area contributed by atoms with Gasteiger partial charge in [0.25, 0.3) is 0 Å². The van der Waals surface area contributed by atoms with Crippen LogP contribution in [0.3, 0.4) is 0 Å². The van der Waals surface area contributed by atoms with E-state index in [2.05, 4.69) is 4.98 Å². The number of aliphatic hydroxyl groups excluding tert-OH is 1. The summed E-state index contributed by atoms with van der Waals surface area (Å²) in [4.78, 5) is 5.87. The summed E-state index contributed by atoms with van der Waals surface area (Å²) in [7, 11) is -3.58. The molecule has 0 atom stereocenters. The van der Waals surface area contributed by atoms with Crippen LogP contribution in [-0.2, 0) is 10.0 Å². The molecule has 19 heavy (non-hydrogen) atoms. The Kier molecular flexibility index (Phi) is 4.75. The summed E-state index contributed by atoms with van der Waals surface area (Å²) in [5, 5.41) is 8.86. The van der Waals surface area contributed by atoms with Crippen molar-refractivity contribution in [3.63, 3.8) is 0 Å². The minimum absolute atomic E-state index is 0.000266. The Bertz CT molecular complexity index is 530. The molecule has 1 N–H and O–H groups in total. The van der Waals surface area contributed by atoms with E-state index in [0.717, 1.165) is 0 Å². The highest BCUT2D eigenvalue weighted by atomic mass is 35.5. The van der Waals surface area contributed by atoms with Gasteiger partial charge in [-0.05, 0) is 12.1 Å². The molecule has 6 nitrogen and oxygen atoms in total. The van der Waals surface area contributed by atoms with E-state index in [1.165, 1.54) is 16.6 Å². The van der Waals surface area contributed by atoms with Gasteiger partial charge < -0.3 is 5.11 Å². The lowest BCUT2D eigenvalue weighted by molar-refractivity contribution is 0.151. The maximum atomic E-state index is 12.4. The van der Waals surface area contributed by atoms with Crippen molar-refractivity contribution in [2.24, 2.45) is 0 Å². The highest BCUT2D eigenvalue weighted by Gasteiger charge is 2.30. The highest BCUT2D eigenvalue weighted by molar-refractivity contribution is 7.89. The van der Waals surface area contributed by atoms with Crippen LogP contribution in [0.4, 0.5) is 0 Å². The summed E-state index contributed by atoms with van der Waals surface area (Å²) in [5.74, 6) is 0. The fourth-order valence-electron chi connectivity index (χ4n) is 2.04. The number of aromatic nitrogens is 1. The van der Waals surface area contributed by atoms with Crippen LogP contribution in [0.1, 0.15) is 0 Å². The Morgan fingerprint density at radius 1 is 1.32 bits per heavy atom. The van der Waals surface area contributed by atoms with Gasteiger partial charge in [-0.2, -0.15) is 4.31 Å². The molecule has 106 valence electrons. The van der Waals surface area contributed by atoms with E-state index in [0.29, 0.717) is 32.7 Å². The standard InChI is InChI=1S/C11H16ClN3O3S/c12-11-10(2-1-3-13-11)19(17,18)15-6-4-14(5-7-15)8-9-16/h1-3,16H,4-9H2. The van der Waals surface area contributed by atoms with E-state index in [4.69, 9.17) is 16.7 Å². The van der Waals surface area contributed by atoms with Gasteiger partial charge in [-0.3, -0.25) is 4.90 Å². The second kappa shape index (κ2) is 6.15. The van der Waals surface area contributed by atoms with Gasteiger partial charge >= 0.3 is 0 Å². The van der Waals surface area contributed by atoms with Gasteiger partial charge in [-0.25, -0.2) is 13.4 Å². The molecule has 0 unspecified atom stereocenters. The summed E-state index contributed by atoms with van der Waals surface area (Å²) in [6.45, 7) is 2.67. The van der Waals surface area contributed by atoms with E-state index in [9.17, 15) is 8.42 Å². The number of nitrogens with zero attached hydrogens (tertiary/aromatic N) is 3. The van der Waals surface area contributed by atoms with Crippen molar-refractivity contribution < 1.29 is 13.5 Å². The Morgan fingerprint density at radius 3 is 2.58 bits per heavy atom. The maximum absolute atomic E-state index is 12.4. The number of hydrogen-bond donors (Lipinski definition) is 1. The molecule has 0 aliphatic carbocycles. The minimum Gasteiger partial charge on any atom is -0.395 e. The molecular weight excluding hydrogens is 290 g/mol. The lowest BCUT2D eigenvalue weighted by Crippen LogP contribution is -2.49. The summed E-state index contributed by atoms with van der Waals surface area (Å²) >= 11 is 5.85. The monoisotopic (exact) mass is 305 g/mol. The Morgan fingerprint density at radius 2 is 2.00 bits per heavy atom. The van der Waals surface area contributed by atoms with Gasteiger partial charge in [0.05, 0.1) is 6.61 Å². The number of halogens is 1. The third kappa shape index (κ3) is 3.24. The molecule has 1 saturated heterocycles. The van der Waals surface area contributed by atoms with E-state index >= 15 is 0 Å². The first-order valence-corrected chi connectivity index (χ1v) is 7.81. The number of β-amino-alcohol motifs (C(OH)–C–C–N with tert-alkyl or cyclic N) is 1. The van der Waals surface area contributed by atoms with Crippen LogP contribution in [0.15, 0.2) is 23.2 Å². The first-order valence-electron chi connectivity index (χ1n) is 5.99. The molecule has 1 aliphatic heterocycles. The fraction of sp³-hybridized carbons (Fsp3) is 0.545. The first-order chi connectivity index (χ1) is 9.05. The molecule has 8 heteroatoms. The summed E-state index contributed by atoms with van der Waals surface area (Å²) in [6, 6.07) is 3.02. The van der Waals surface area contributed by atoms with E-state index in [-0.39, 0.29) is 16.7 Å². The molecule has 0 bridgehead atoms. The van der Waals surface area contributed by atoms with Gasteiger partial charge in [0, 0.05) is 38.9 Å². The van der Waals surface area contributed by atoms with Crippen molar-refractivity contribution in [1.82, 2.24) is 14.2 Å². The Balaban J connectivity index is 2.12. The van der Waals surface area contributed by atoms with E-state index in [1.807, 2.05) is 4.90 Å². The minimum atomic E-state index is -3.58. The third-order valence-corrected chi connectivity index (χ3v) is 5.43. The molecule has 0 radical (unpaired) electrons. The van der Waals surface area contributed by atoms with Gasteiger partial charge in [0.15, 0.2) is 0 Å². The molecular formula is C11H16ClN3O3S. The number of rotatable bonds is 4. The van der Waals surface area contributed by atoms with Gasteiger partial charge in [-0.15, -0.1) is 0 Å². The number of pyridine rings is 1. The zero-order valence-corrected chi connectivity index (χ0v) is 11.9. The molecule has 0 amide bonds. The zero-order valence-electron chi connectivity index (χ0n) is 10.4. The maximum Gasteiger partial charge on any atom is 0.246 e. The fourth-order valence-corrected chi connectivity index (χ4v) is 3.89. The average molecular weight is 306 g/mol. The summed E-state index contributed by atoms with van der Waals surface area (Å²) in [5.41, 5.74) is 0. The topological polar surface area (TPSA) is 73.7 Å². The van der Waals surface area contributed by atoms with E-state index in [1.54, 1.807) is 6.07 Å². The van der Waals surface area contributed by atoms with Crippen LogP contribution in [0.2, 0.25) is 5.15 Å². The second-order valence-electron chi connectivity index (χ2n) is 4.26. The summed E-state index contributed by atoms with van der Waals surface area (Å²) in [6.07, 6.45) is 1.46. The molecule has 0 aromatic carbocycles. The predicted molar refractivity (Wildman–Crippen MR) is 71.5 cm³/mol. The van der Waals surface area contributed by atoms with Crippen LogP contribution < -0.4 is 0 Å². The normalized spacial score (nSPS) is 18.6. The SMILES string of the molecule is O=S(=O)(c1cccnc1Cl)N1CCN(CCO)CC1. The molecule has 2 rings (SSSR count). The van der Waals surface area contributed by atoms with Crippen molar-refractivity contribution in [3.05, 3.63) is 23.5 Å². The quantitative estimate of drug-likeness (QED) is 0.795. The largest absolute Gasteiger partial charge is 0.395 e. The number of piperazine rings is 1. The van der Waals surface area contributed by atoms with Gasteiger partial charge in [0.2, 0.25) is 10.0 Å². The average Bonchev–Trinajstić information content (AvgIpc) is 2.40. The molecule has 1 aromatic heterocycles. The predicted octanol–water partition coefficient (Wildman–Crippen LogP) is 0.0336.